The number of carbonyl (C=O) groups excluding carboxylic acids is 1. The van der Waals surface area contributed by atoms with Crippen molar-refractivity contribution in [2.75, 3.05) is 11.9 Å². The Labute approximate surface area is 130 Å². The molecule has 7 heteroatoms. The van der Waals surface area contributed by atoms with Crippen molar-refractivity contribution in [1.29, 1.82) is 0 Å². The van der Waals surface area contributed by atoms with E-state index >= 15 is 0 Å². The van der Waals surface area contributed by atoms with Crippen LogP contribution in [0.2, 0.25) is 5.02 Å². The molecule has 5 nitrogen and oxygen atoms in total. The van der Waals surface area contributed by atoms with Crippen LogP contribution in [-0.2, 0) is 4.79 Å². The highest BCUT2D eigenvalue weighted by Crippen LogP contribution is 2.25. The third kappa shape index (κ3) is 6.77. The normalized spacial score (nSPS) is 10.1. The lowest BCUT2D eigenvalue weighted by atomic mass is 10.2. The van der Waals surface area contributed by atoms with Crippen LogP contribution in [0.5, 0.6) is 0 Å². The number of carboxylic acid groups (broad SMARTS) is 1. The van der Waals surface area contributed by atoms with Gasteiger partial charge in [0.15, 0.2) is 0 Å². The minimum atomic E-state index is -0.792. The Bertz CT molecular complexity index is 483. The molecule has 0 bridgehead atoms. The summed E-state index contributed by atoms with van der Waals surface area (Å²) < 4.78 is 0.825. The first-order valence-electron chi connectivity index (χ1n) is 6.20. The summed E-state index contributed by atoms with van der Waals surface area (Å²) in [4.78, 5) is 21.9. The van der Waals surface area contributed by atoms with Crippen molar-refractivity contribution in [3.63, 3.8) is 0 Å². The summed E-state index contributed by atoms with van der Waals surface area (Å²) in [5.41, 5.74) is 0.532. The molecule has 0 aliphatic heterocycles. The highest BCUT2D eigenvalue weighted by molar-refractivity contribution is 9.10. The van der Waals surface area contributed by atoms with Crippen LogP contribution in [0.25, 0.3) is 0 Å². The molecule has 0 spiro atoms. The quantitative estimate of drug-likeness (QED) is 0.643. The zero-order valence-electron chi connectivity index (χ0n) is 10.8. The number of nitrogens with one attached hydrogen (secondary N) is 2. The molecule has 0 aliphatic carbocycles. The maximum absolute atomic E-state index is 11.6. The van der Waals surface area contributed by atoms with Gasteiger partial charge in [-0.25, -0.2) is 4.79 Å². The number of benzene rings is 1. The van der Waals surface area contributed by atoms with E-state index in [2.05, 4.69) is 26.6 Å². The predicted molar refractivity (Wildman–Crippen MR) is 82.3 cm³/mol. The molecule has 1 aromatic rings. The van der Waals surface area contributed by atoms with Crippen LogP contribution in [-0.4, -0.2) is 23.7 Å². The van der Waals surface area contributed by atoms with Crippen molar-refractivity contribution >= 4 is 45.2 Å². The van der Waals surface area contributed by atoms with Crippen LogP contribution < -0.4 is 10.6 Å². The second kappa shape index (κ2) is 8.81. The fourth-order valence-electron chi connectivity index (χ4n) is 1.54. The van der Waals surface area contributed by atoms with Crippen molar-refractivity contribution < 1.29 is 14.7 Å². The average molecular weight is 364 g/mol. The molecule has 1 rings (SSSR count). The van der Waals surface area contributed by atoms with E-state index in [1.54, 1.807) is 18.2 Å². The number of carboxylic acids is 1. The zero-order chi connectivity index (χ0) is 15.0. The Morgan fingerprint density at radius 3 is 2.70 bits per heavy atom. The van der Waals surface area contributed by atoms with Gasteiger partial charge in [0.2, 0.25) is 0 Å². The molecule has 3 N–H and O–H groups in total. The molecule has 0 saturated heterocycles. The predicted octanol–water partition coefficient (Wildman–Crippen LogP) is 3.87. The highest BCUT2D eigenvalue weighted by Gasteiger charge is 2.05. The van der Waals surface area contributed by atoms with E-state index in [0.29, 0.717) is 23.7 Å². The van der Waals surface area contributed by atoms with Crippen LogP contribution >= 0.6 is 27.5 Å². The molecular formula is C13H16BrClN2O3. The standard InChI is InChI=1S/C13H16BrClN2O3/c14-9-5-6-10(15)11(8-9)17-13(20)16-7-3-1-2-4-12(18)19/h5-6,8H,1-4,7H2,(H,18,19)(H2,16,17,20). The van der Waals surface area contributed by atoms with E-state index in [9.17, 15) is 9.59 Å². The molecule has 110 valence electrons. The summed E-state index contributed by atoms with van der Waals surface area (Å²) in [6, 6.07) is 4.86. The van der Waals surface area contributed by atoms with Crippen LogP contribution in [0.1, 0.15) is 25.7 Å². The fourth-order valence-corrected chi connectivity index (χ4v) is 2.07. The molecule has 0 aliphatic rings. The number of unbranched alkanes of at least 4 members (excludes halogenated alkanes) is 2. The van der Waals surface area contributed by atoms with Crippen LogP contribution in [0.15, 0.2) is 22.7 Å². The molecule has 0 unspecified atom stereocenters. The summed E-state index contributed by atoms with van der Waals surface area (Å²) in [6.45, 7) is 0.497. The SMILES string of the molecule is O=C(O)CCCCCNC(=O)Nc1cc(Br)ccc1Cl. The number of amides is 2. The number of aliphatic carboxylic acids is 1. The van der Waals surface area contributed by atoms with E-state index in [-0.39, 0.29) is 12.5 Å². The summed E-state index contributed by atoms with van der Waals surface area (Å²) in [5, 5.41) is 14.3. The van der Waals surface area contributed by atoms with Crippen molar-refractivity contribution in [3.05, 3.63) is 27.7 Å². The Kier molecular flexibility index (Phi) is 7.40. The van der Waals surface area contributed by atoms with Crippen LogP contribution in [0.3, 0.4) is 0 Å². The first-order chi connectivity index (χ1) is 9.49. The summed E-state index contributed by atoms with van der Waals surface area (Å²) >= 11 is 9.25. The number of anilines is 1. The van der Waals surface area contributed by atoms with Gasteiger partial charge < -0.3 is 15.7 Å². The van der Waals surface area contributed by atoms with Gasteiger partial charge in [-0.3, -0.25) is 4.79 Å². The topological polar surface area (TPSA) is 78.4 Å². The molecule has 0 aromatic heterocycles. The summed E-state index contributed by atoms with van der Waals surface area (Å²) in [6.07, 6.45) is 2.30. The van der Waals surface area contributed by atoms with Gasteiger partial charge in [0.1, 0.15) is 0 Å². The minimum absolute atomic E-state index is 0.167. The van der Waals surface area contributed by atoms with Crippen molar-refractivity contribution in [3.8, 4) is 0 Å². The van der Waals surface area contributed by atoms with E-state index in [1.807, 2.05) is 0 Å². The van der Waals surface area contributed by atoms with Gasteiger partial charge in [-0.1, -0.05) is 34.0 Å². The third-order valence-electron chi connectivity index (χ3n) is 2.53. The molecular weight excluding hydrogens is 348 g/mol. The monoisotopic (exact) mass is 362 g/mol. The van der Waals surface area contributed by atoms with Crippen molar-refractivity contribution in [1.82, 2.24) is 5.32 Å². The average Bonchev–Trinajstić information content (AvgIpc) is 2.37. The van der Waals surface area contributed by atoms with Crippen molar-refractivity contribution in [2.24, 2.45) is 0 Å². The smallest absolute Gasteiger partial charge is 0.319 e. The number of hydrogen-bond donors (Lipinski definition) is 3. The number of urea groups is 1. The Morgan fingerprint density at radius 1 is 1.25 bits per heavy atom. The largest absolute Gasteiger partial charge is 0.481 e. The van der Waals surface area contributed by atoms with Gasteiger partial charge in [0.25, 0.3) is 0 Å². The maximum Gasteiger partial charge on any atom is 0.319 e. The highest BCUT2D eigenvalue weighted by atomic mass is 79.9. The summed E-state index contributed by atoms with van der Waals surface area (Å²) in [5.74, 6) is -0.792. The molecule has 1 aromatic carbocycles. The van der Waals surface area contributed by atoms with Gasteiger partial charge in [-0.2, -0.15) is 0 Å². The maximum atomic E-state index is 11.6. The molecule has 2 amide bonds. The number of rotatable bonds is 7. The zero-order valence-corrected chi connectivity index (χ0v) is 13.1. The molecule has 0 heterocycles. The lowest BCUT2D eigenvalue weighted by Gasteiger charge is -2.09. The van der Waals surface area contributed by atoms with Gasteiger partial charge in [0, 0.05) is 17.4 Å². The van der Waals surface area contributed by atoms with Gasteiger partial charge in [-0.05, 0) is 31.0 Å². The van der Waals surface area contributed by atoms with Crippen LogP contribution in [0.4, 0.5) is 10.5 Å². The van der Waals surface area contributed by atoms with Gasteiger partial charge in [0.05, 0.1) is 10.7 Å². The van der Waals surface area contributed by atoms with Crippen LogP contribution in [0, 0.1) is 0 Å². The van der Waals surface area contributed by atoms with Crippen molar-refractivity contribution in [2.45, 2.75) is 25.7 Å². The first-order valence-corrected chi connectivity index (χ1v) is 7.38. The fraction of sp³-hybridized carbons (Fsp3) is 0.385. The van der Waals surface area contributed by atoms with E-state index in [1.165, 1.54) is 0 Å². The third-order valence-corrected chi connectivity index (χ3v) is 3.35. The summed E-state index contributed by atoms with van der Waals surface area (Å²) in [7, 11) is 0. The number of carbonyl (C=O) groups is 2. The minimum Gasteiger partial charge on any atom is -0.481 e. The molecule has 0 atom stereocenters. The Balaban J connectivity index is 2.23. The molecule has 20 heavy (non-hydrogen) atoms. The first kappa shape index (κ1) is 16.8. The molecule has 0 fully saturated rings. The van der Waals surface area contributed by atoms with E-state index < -0.39 is 5.97 Å². The van der Waals surface area contributed by atoms with E-state index in [4.69, 9.17) is 16.7 Å². The number of halogens is 2. The second-order valence-corrected chi connectivity index (χ2v) is 5.53. The lowest BCUT2D eigenvalue weighted by molar-refractivity contribution is -0.137. The lowest BCUT2D eigenvalue weighted by Crippen LogP contribution is -2.29. The molecule has 0 radical (unpaired) electrons. The van der Waals surface area contributed by atoms with Gasteiger partial charge in [-0.15, -0.1) is 0 Å². The Morgan fingerprint density at radius 2 is 2.00 bits per heavy atom. The number of hydrogen-bond acceptors (Lipinski definition) is 2. The van der Waals surface area contributed by atoms with Gasteiger partial charge >= 0.3 is 12.0 Å². The Hall–Kier alpha value is -1.27. The molecule has 0 saturated carbocycles. The second-order valence-electron chi connectivity index (χ2n) is 4.21. The van der Waals surface area contributed by atoms with E-state index in [0.717, 1.165) is 17.3 Å².